The van der Waals surface area contributed by atoms with Crippen LogP contribution in [-0.2, 0) is 10.0 Å². The number of fused-ring (bicyclic) bond motifs is 1. The summed E-state index contributed by atoms with van der Waals surface area (Å²) >= 11 is 0.720. The highest BCUT2D eigenvalue weighted by Crippen LogP contribution is 2.34. The number of hydrogen-bond acceptors (Lipinski definition) is 6. The van der Waals surface area contributed by atoms with Crippen molar-refractivity contribution in [2.75, 3.05) is 17.9 Å². The Kier molecular flexibility index (Phi) is 4.37. The van der Waals surface area contributed by atoms with Gasteiger partial charge in [-0.25, -0.2) is 13.2 Å². The Morgan fingerprint density at radius 1 is 1.21 bits per heavy atom. The number of carboxylic acid groups (broad SMARTS) is 1. The molecular weight excluding hydrogens is 354 g/mol. The number of hydrogen-bond donors (Lipinski definition) is 2. The molecule has 0 saturated heterocycles. The predicted molar refractivity (Wildman–Crippen MR) is 88.9 cm³/mol. The molecule has 0 saturated carbocycles. The van der Waals surface area contributed by atoms with Gasteiger partial charge < -0.3 is 14.6 Å². The van der Waals surface area contributed by atoms with Crippen LogP contribution in [0.4, 0.5) is 5.69 Å². The third-order valence-corrected chi connectivity index (χ3v) is 6.43. The van der Waals surface area contributed by atoms with Crippen LogP contribution in [0.15, 0.2) is 28.5 Å². The van der Waals surface area contributed by atoms with Crippen molar-refractivity contribution in [2.24, 2.45) is 0 Å². The lowest BCUT2D eigenvalue weighted by Crippen LogP contribution is -2.11. The molecule has 1 aliphatic heterocycles. The van der Waals surface area contributed by atoms with Gasteiger partial charge in [0.15, 0.2) is 11.5 Å². The van der Waals surface area contributed by atoms with E-state index < -0.39 is 16.0 Å². The van der Waals surface area contributed by atoms with Crippen LogP contribution in [0.25, 0.3) is 0 Å². The zero-order valence-electron chi connectivity index (χ0n) is 12.7. The van der Waals surface area contributed by atoms with Gasteiger partial charge in [-0.15, -0.1) is 11.3 Å². The molecule has 2 heterocycles. The van der Waals surface area contributed by atoms with Crippen LogP contribution < -0.4 is 14.2 Å². The average Bonchev–Trinajstić information content (AvgIpc) is 2.77. The first kappa shape index (κ1) is 16.6. The lowest BCUT2D eigenvalue weighted by atomic mass is 10.3. The summed E-state index contributed by atoms with van der Waals surface area (Å²) < 4.78 is 38.3. The van der Waals surface area contributed by atoms with E-state index in [1.54, 1.807) is 25.1 Å². The molecule has 0 fully saturated rings. The molecule has 2 N–H and O–H groups in total. The second-order valence-electron chi connectivity index (χ2n) is 5.20. The molecule has 0 bridgehead atoms. The van der Waals surface area contributed by atoms with Crippen LogP contribution in [0.5, 0.6) is 11.5 Å². The van der Waals surface area contributed by atoms with Crippen LogP contribution in [0.2, 0.25) is 0 Å². The number of rotatable bonds is 4. The number of carbonyl (C=O) groups is 1. The van der Waals surface area contributed by atoms with Crippen molar-refractivity contribution in [1.82, 2.24) is 0 Å². The molecule has 0 amide bonds. The molecule has 24 heavy (non-hydrogen) atoms. The van der Waals surface area contributed by atoms with Gasteiger partial charge in [-0.2, -0.15) is 0 Å². The number of ether oxygens (including phenoxy) is 2. The number of nitrogens with one attached hydrogen (secondary N) is 1. The van der Waals surface area contributed by atoms with Gasteiger partial charge in [0, 0.05) is 12.5 Å². The molecule has 0 aliphatic carbocycles. The maximum absolute atomic E-state index is 12.5. The van der Waals surface area contributed by atoms with E-state index in [2.05, 4.69) is 4.72 Å². The smallest absolute Gasteiger partial charge is 0.346 e. The maximum Gasteiger partial charge on any atom is 0.346 e. The molecule has 0 unspecified atom stereocenters. The van der Waals surface area contributed by atoms with Crippen molar-refractivity contribution >= 4 is 33.0 Å². The summed E-state index contributed by atoms with van der Waals surface area (Å²) in [5.41, 5.74) is 0.730. The van der Waals surface area contributed by atoms with E-state index in [9.17, 15) is 13.2 Å². The van der Waals surface area contributed by atoms with E-state index in [0.717, 1.165) is 17.8 Å². The average molecular weight is 369 g/mol. The van der Waals surface area contributed by atoms with Crippen molar-refractivity contribution in [2.45, 2.75) is 17.6 Å². The molecule has 2 aromatic rings. The molecular formula is C15H15NO6S2. The summed E-state index contributed by atoms with van der Waals surface area (Å²) in [4.78, 5) is 11.1. The Balaban J connectivity index is 1.88. The van der Waals surface area contributed by atoms with Gasteiger partial charge in [0.25, 0.3) is 10.0 Å². The van der Waals surface area contributed by atoms with Crippen molar-refractivity contribution < 1.29 is 27.8 Å². The zero-order chi connectivity index (χ0) is 17.3. The van der Waals surface area contributed by atoms with Crippen LogP contribution in [-0.4, -0.2) is 32.7 Å². The van der Waals surface area contributed by atoms with E-state index in [4.69, 9.17) is 14.6 Å². The number of anilines is 1. The quantitative estimate of drug-likeness (QED) is 0.859. The summed E-state index contributed by atoms with van der Waals surface area (Å²) in [6.07, 6.45) is 0.752. The van der Waals surface area contributed by atoms with Crippen molar-refractivity contribution in [1.29, 1.82) is 0 Å². The van der Waals surface area contributed by atoms with Gasteiger partial charge in [-0.1, -0.05) is 0 Å². The van der Waals surface area contributed by atoms with E-state index >= 15 is 0 Å². The minimum absolute atomic E-state index is 0.00837. The summed E-state index contributed by atoms with van der Waals surface area (Å²) in [6.45, 7) is 2.60. The molecule has 1 aromatic heterocycles. The van der Waals surface area contributed by atoms with Crippen LogP contribution in [0.3, 0.4) is 0 Å². The predicted octanol–water partition coefficient (Wildman–Crippen LogP) is 2.72. The number of aryl methyl sites for hydroxylation is 1. The molecule has 1 aliphatic rings. The summed E-state index contributed by atoms with van der Waals surface area (Å²) in [5, 5.41) is 9.06. The minimum atomic E-state index is -3.88. The fourth-order valence-electron chi connectivity index (χ4n) is 2.23. The molecule has 128 valence electrons. The molecule has 0 atom stereocenters. The standard InChI is InChI=1S/C15H15NO6S2/c1-9-7-13(23-14(9)15(17)18)24(19,20)16-10-3-4-11-12(8-10)22-6-2-5-21-11/h3-4,7-8,16H,2,5-6H2,1H3,(H,17,18). The topological polar surface area (TPSA) is 102 Å². The molecule has 7 nitrogen and oxygen atoms in total. The Morgan fingerprint density at radius 2 is 1.92 bits per heavy atom. The number of benzene rings is 1. The van der Waals surface area contributed by atoms with Crippen molar-refractivity contribution in [3.05, 3.63) is 34.7 Å². The van der Waals surface area contributed by atoms with Crippen molar-refractivity contribution in [3.8, 4) is 11.5 Å². The maximum atomic E-state index is 12.5. The Labute approximate surface area is 142 Å². The Morgan fingerprint density at radius 3 is 2.58 bits per heavy atom. The van der Waals surface area contributed by atoms with Crippen LogP contribution in [0, 0.1) is 6.92 Å². The minimum Gasteiger partial charge on any atom is -0.490 e. The molecule has 0 radical (unpaired) electrons. The zero-order valence-corrected chi connectivity index (χ0v) is 14.4. The van der Waals surface area contributed by atoms with Crippen LogP contribution >= 0.6 is 11.3 Å². The van der Waals surface area contributed by atoms with Crippen LogP contribution in [0.1, 0.15) is 21.7 Å². The summed E-state index contributed by atoms with van der Waals surface area (Å²) in [5.74, 6) is -0.105. The van der Waals surface area contributed by atoms with E-state index in [1.165, 1.54) is 6.07 Å². The summed E-state index contributed by atoms with van der Waals surface area (Å²) in [7, 11) is -3.88. The number of thiophene rings is 1. The second-order valence-corrected chi connectivity index (χ2v) is 8.16. The first-order valence-electron chi connectivity index (χ1n) is 7.13. The largest absolute Gasteiger partial charge is 0.490 e. The lowest BCUT2D eigenvalue weighted by Gasteiger charge is -2.10. The van der Waals surface area contributed by atoms with Gasteiger partial charge in [0.05, 0.1) is 18.9 Å². The van der Waals surface area contributed by atoms with Gasteiger partial charge in [-0.05, 0) is 30.7 Å². The molecule has 0 spiro atoms. The number of aromatic carboxylic acids is 1. The normalized spacial score (nSPS) is 14.0. The van der Waals surface area contributed by atoms with E-state index in [1.807, 2.05) is 0 Å². The first-order chi connectivity index (χ1) is 11.4. The van der Waals surface area contributed by atoms with Gasteiger partial charge in [0.1, 0.15) is 9.09 Å². The third kappa shape index (κ3) is 3.31. The molecule has 9 heteroatoms. The monoisotopic (exact) mass is 369 g/mol. The third-order valence-electron chi connectivity index (χ3n) is 3.35. The highest BCUT2D eigenvalue weighted by Gasteiger charge is 2.22. The lowest BCUT2D eigenvalue weighted by molar-refractivity contribution is 0.0701. The van der Waals surface area contributed by atoms with E-state index in [0.29, 0.717) is 36.0 Å². The van der Waals surface area contributed by atoms with Gasteiger partial charge in [-0.3, -0.25) is 4.72 Å². The first-order valence-corrected chi connectivity index (χ1v) is 9.43. The highest BCUT2D eigenvalue weighted by molar-refractivity contribution is 7.94. The Hall–Kier alpha value is -2.26. The summed E-state index contributed by atoms with van der Waals surface area (Å²) in [6, 6.07) is 6.11. The number of sulfonamides is 1. The van der Waals surface area contributed by atoms with Crippen molar-refractivity contribution in [3.63, 3.8) is 0 Å². The highest BCUT2D eigenvalue weighted by atomic mass is 32.2. The van der Waals surface area contributed by atoms with E-state index in [-0.39, 0.29) is 9.09 Å². The fraction of sp³-hybridized carbons (Fsp3) is 0.267. The Bertz CT molecular complexity index is 887. The van der Waals surface area contributed by atoms with Gasteiger partial charge in [0.2, 0.25) is 0 Å². The SMILES string of the molecule is Cc1cc(S(=O)(=O)Nc2ccc3c(c2)OCCCO3)sc1C(=O)O. The molecule has 3 rings (SSSR count). The number of carboxylic acids is 1. The second kappa shape index (κ2) is 6.33. The van der Waals surface area contributed by atoms with Gasteiger partial charge >= 0.3 is 5.97 Å². The fourth-order valence-corrected chi connectivity index (χ4v) is 4.66. The molecule has 1 aromatic carbocycles.